The number of azo groups is 1. The number of benzene rings is 2. The van der Waals surface area contributed by atoms with Crippen LogP contribution in [0.1, 0.15) is 0 Å². The van der Waals surface area contributed by atoms with Gasteiger partial charge in [-0.15, -0.1) is 0 Å². The van der Waals surface area contributed by atoms with Gasteiger partial charge in [0, 0.05) is 23.5 Å². The molecule has 0 fully saturated rings. The molecule has 0 spiro atoms. The molecule has 26 heavy (non-hydrogen) atoms. The van der Waals surface area contributed by atoms with Crippen molar-refractivity contribution >= 4 is 40.5 Å². The lowest BCUT2D eigenvalue weighted by Gasteiger charge is -2.13. The summed E-state index contributed by atoms with van der Waals surface area (Å²) in [4.78, 5) is 35.7. The van der Waals surface area contributed by atoms with Crippen LogP contribution in [0.2, 0.25) is 0 Å². The Labute approximate surface area is 149 Å². The molecule has 2 aromatic carbocycles. The van der Waals surface area contributed by atoms with Gasteiger partial charge in [-0.3, -0.25) is 19.3 Å². The van der Waals surface area contributed by atoms with Crippen molar-refractivity contribution in [3.63, 3.8) is 0 Å². The number of anilines is 2. The van der Waals surface area contributed by atoms with Gasteiger partial charge in [-0.25, -0.2) is 0 Å². The second-order valence-electron chi connectivity index (χ2n) is 5.48. The molecule has 0 bridgehead atoms. The van der Waals surface area contributed by atoms with Crippen LogP contribution >= 0.6 is 0 Å². The summed E-state index contributed by atoms with van der Waals surface area (Å²) in [5.41, 5.74) is 8.06. The number of nitrogens with one attached hydrogen (secondary N) is 1. The van der Waals surface area contributed by atoms with E-state index in [4.69, 9.17) is 5.73 Å². The average molecular weight is 349 g/mol. The van der Waals surface area contributed by atoms with Crippen molar-refractivity contribution in [2.45, 2.75) is 0 Å². The van der Waals surface area contributed by atoms with Gasteiger partial charge in [0.15, 0.2) is 0 Å². The van der Waals surface area contributed by atoms with E-state index < -0.39 is 17.7 Å². The van der Waals surface area contributed by atoms with Crippen molar-refractivity contribution in [3.05, 3.63) is 60.7 Å². The third-order valence-electron chi connectivity index (χ3n) is 3.53. The molecule has 0 saturated heterocycles. The van der Waals surface area contributed by atoms with Gasteiger partial charge in [0.05, 0.1) is 11.4 Å². The van der Waals surface area contributed by atoms with E-state index in [9.17, 15) is 14.4 Å². The van der Waals surface area contributed by atoms with E-state index in [0.717, 1.165) is 17.1 Å². The van der Waals surface area contributed by atoms with Crippen molar-refractivity contribution in [1.29, 1.82) is 0 Å². The molecule has 1 aliphatic heterocycles. The second-order valence-corrected chi connectivity index (χ2v) is 5.48. The summed E-state index contributed by atoms with van der Waals surface area (Å²) < 4.78 is 0. The largest absolute Gasteiger partial charge is 0.399 e. The number of nitrogens with zero attached hydrogens (tertiary/aromatic N) is 3. The summed E-state index contributed by atoms with van der Waals surface area (Å²) in [6.45, 7) is -0.330. The van der Waals surface area contributed by atoms with E-state index in [1.807, 2.05) is 0 Å². The van der Waals surface area contributed by atoms with Gasteiger partial charge >= 0.3 is 0 Å². The van der Waals surface area contributed by atoms with Crippen LogP contribution in [0.15, 0.2) is 70.9 Å². The Balaban J connectivity index is 1.57. The molecule has 1 aliphatic rings. The van der Waals surface area contributed by atoms with Crippen LogP contribution in [0.25, 0.3) is 0 Å². The molecule has 3 rings (SSSR count). The minimum atomic E-state index is -0.497. The third-order valence-corrected chi connectivity index (χ3v) is 3.53. The fraction of sp³-hybridized carbons (Fsp3) is 0.0556. The van der Waals surface area contributed by atoms with E-state index in [0.29, 0.717) is 22.7 Å². The van der Waals surface area contributed by atoms with Crippen LogP contribution in [0.5, 0.6) is 0 Å². The highest BCUT2D eigenvalue weighted by Gasteiger charge is 2.25. The first-order valence-corrected chi connectivity index (χ1v) is 7.72. The molecule has 3 amide bonds. The molecule has 0 aliphatic carbocycles. The van der Waals surface area contributed by atoms with E-state index in [1.54, 1.807) is 48.5 Å². The Morgan fingerprint density at radius 3 is 1.92 bits per heavy atom. The topological polar surface area (TPSA) is 117 Å². The number of hydrogen-bond donors (Lipinski definition) is 2. The number of carbonyl (C=O) groups is 3. The summed E-state index contributed by atoms with van der Waals surface area (Å²) >= 11 is 0. The maximum absolute atomic E-state index is 11.9. The Morgan fingerprint density at radius 2 is 1.38 bits per heavy atom. The highest BCUT2D eigenvalue weighted by Crippen LogP contribution is 2.21. The van der Waals surface area contributed by atoms with Crippen LogP contribution in [-0.4, -0.2) is 29.2 Å². The smallest absolute Gasteiger partial charge is 0.254 e. The normalized spacial score (nSPS) is 13.6. The predicted octanol–water partition coefficient (Wildman–Crippen LogP) is 2.55. The summed E-state index contributed by atoms with van der Waals surface area (Å²) in [5, 5.41) is 10.8. The number of nitrogens with two attached hydrogens (primary N) is 1. The van der Waals surface area contributed by atoms with Crippen LogP contribution in [0.4, 0.5) is 22.7 Å². The van der Waals surface area contributed by atoms with Crippen LogP contribution in [0.3, 0.4) is 0 Å². The fourth-order valence-corrected chi connectivity index (χ4v) is 2.20. The molecule has 8 nitrogen and oxygen atoms in total. The van der Waals surface area contributed by atoms with Gasteiger partial charge in [-0.05, 0) is 48.5 Å². The molecule has 0 aromatic heterocycles. The highest BCUT2D eigenvalue weighted by molar-refractivity contribution is 6.15. The van der Waals surface area contributed by atoms with Crippen molar-refractivity contribution in [2.75, 3.05) is 17.6 Å². The Bertz CT molecular complexity index is 883. The number of hydrogen-bond acceptors (Lipinski definition) is 6. The molecule has 2 aromatic rings. The average Bonchev–Trinajstić information content (AvgIpc) is 2.94. The zero-order chi connectivity index (χ0) is 18.5. The lowest BCUT2D eigenvalue weighted by molar-refractivity contribution is -0.139. The number of carbonyl (C=O) groups excluding carboxylic acids is 3. The molecular weight excluding hydrogens is 334 g/mol. The molecule has 8 heteroatoms. The minimum Gasteiger partial charge on any atom is -0.399 e. The first-order valence-electron chi connectivity index (χ1n) is 7.72. The lowest BCUT2D eigenvalue weighted by atomic mass is 10.3. The molecular formula is C18H15N5O3. The summed E-state index contributed by atoms with van der Waals surface area (Å²) in [5.74, 6) is -1.46. The monoisotopic (exact) mass is 349 g/mol. The molecule has 0 unspecified atom stereocenters. The van der Waals surface area contributed by atoms with Crippen molar-refractivity contribution < 1.29 is 14.4 Å². The van der Waals surface area contributed by atoms with Gasteiger partial charge in [0.25, 0.3) is 11.8 Å². The summed E-state index contributed by atoms with van der Waals surface area (Å²) in [6.07, 6.45) is 2.27. The number of rotatable bonds is 5. The Kier molecular flexibility index (Phi) is 4.84. The van der Waals surface area contributed by atoms with Gasteiger partial charge in [-0.1, -0.05) is 0 Å². The molecule has 3 N–H and O–H groups in total. The van der Waals surface area contributed by atoms with E-state index >= 15 is 0 Å². The van der Waals surface area contributed by atoms with Crippen molar-refractivity contribution in [1.82, 2.24) is 4.90 Å². The Morgan fingerprint density at radius 1 is 0.885 bits per heavy atom. The maximum atomic E-state index is 11.9. The van der Waals surface area contributed by atoms with Crippen molar-refractivity contribution in [3.8, 4) is 0 Å². The van der Waals surface area contributed by atoms with E-state index in [-0.39, 0.29) is 6.54 Å². The Hall–Kier alpha value is -3.81. The molecule has 130 valence electrons. The van der Waals surface area contributed by atoms with Crippen LogP contribution in [-0.2, 0) is 14.4 Å². The SMILES string of the molecule is Nc1ccc(N=Nc2ccc(NC(=O)CN3C(=O)C=CC3=O)cc2)cc1. The quantitative estimate of drug-likeness (QED) is 0.490. The van der Waals surface area contributed by atoms with Gasteiger partial charge in [0.1, 0.15) is 6.54 Å². The van der Waals surface area contributed by atoms with Crippen molar-refractivity contribution in [2.24, 2.45) is 10.2 Å². The molecule has 0 atom stereocenters. The summed E-state index contributed by atoms with van der Waals surface area (Å²) in [6, 6.07) is 13.7. The fourth-order valence-electron chi connectivity index (χ4n) is 2.20. The number of imide groups is 1. The molecule has 1 heterocycles. The maximum Gasteiger partial charge on any atom is 0.254 e. The van der Waals surface area contributed by atoms with E-state index in [1.165, 1.54) is 0 Å². The molecule has 0 radical (unpaired) electrons. The predicted molar refractivity (Wildman–Crippen MR) is 96.0 cm³/mol. The standard InChI is InChI=1S/C18H15N5O3/c19-12-1-3-14(4-2-12)21-22-15-7-5-13(6-8-15)20-16(24)11-23-17(25)9-10-18(23)26/h1-10H,11,19H2,(H,20,24). The zero-order valence-corrected chi connectivity index (χ0v) is 13.6. The number of nitrogen functional groups attached to an aromatic ring is 1. The van der Waals surface area contributed by atoms with Gasteiger partial charge < -0.3 is 11.1 Å². The minimum absolute atomic E-state index is 0.330. The van der Waals surface area contributed by atoms with Crippen LogP contribution < -0.4 is 11.1 Å². The zero-order valence-electron chi connectivity index (χ0n) is 13.6. The third kappa shape index (κ3) is 4.18. The second kappa shape index (κ2) is 7.39. The first-order chi connectivity index (χ1) is 12.5. The molecule has 0 saturated carbocycles. The van der Waals surface area contributed by atoms with Gasteiger partial charge in [0.2, 0.25) is 5.91 Å². The first kappa shape index (κ1) is 17.0. The van der Waals surface area contributed by atoms with E-state index in [2.05, 4.69) is 15.5 Å². The lowest BCUT2D eigenvalue weighted by Crippen LogP contribution is -2.37. The van der Waals surface area contributed by atoms with Crippen LogP contribution in [0, 0.1) is 0 Å². The summed E-state index contributed by atoms with van der Waals surface area (Å²) in [7, 11) is 0. The highest BCUT2D eigenvalue weighted by atomic mass is 16.2. The van der Waals surface area contributed by atoms with Gasteiger partial charge in [-0.2, -0.15) is 10.2 Å². The number of amides is 3.